The van der Waals surface area contributed by atoms with Gasteiger partial charge in [0.2, 0.25) is 0 Å². The minimum atomic E-state index is -0.190. The molecule has 0 unspecified atom stereocenters. The molecule has 1 N–H and O–H groups in total. The van der Waals surface area contributed by atoms with E-state index in [1.165, 1.54) is 0 Å². The van der Waals surface area contributed by atoms with Gasteiger partial charge in [-0.3, -0.25) is 9.48 Å². The number of ether oxygens (including phenoxy) is 1. The van der Waals surface area contributed by atoms with Crippen LogP contribution in [0.3, 0.4) is 0 Å². The van der Waals surface area contributed by atoms with Gasteiger partial charge in [0.25, 0.3) is 5.91 Å². The molecular formula is C16H20N4O2. The second-order valence-electron chi connectivity index (χ2n) is 5.37. The molecular weight excluding hydrogens is 280 g/mol. The largest absolute Gasteiger partial charge is 0.378 e. The summed E-state index contributed by atoms with van der Waals surface area (Å²) in [6, 6.07) is 9.62. The molecule has 22 heavy (non-hydrogen) atoms. The van der Waals surface area contributed by atoms with E-state index >= 15 is 0 Å². The molecule has 1 aliphatic rings. The van der Waals surface area contributed by atoms with Crippen LogP contribution in [0.4, 0.5) is 11.4 Å². The molecule has 1 aromatic heterocycles. The van der Waals surface area contributed by atoms with Gasteiger partial charge in [-0.2, -0.15) is 5.10 Å². The molecule has 2 heterocycles. The number of aryl methyl sites for hydroxylation is 2. The highest BCUT2D eigenvalue weighted by Gasteiger charge is 2.17. The Bertz CT molecular complexity index is 655. The van der Waals surface area contributed by atoms with Gasteiger partial charge >= 0.3 is 0 Å². The number of para-hydroxylation sites is 2. The van der Waals surface area contributed by atoms with Crippen LogP contribution in [0.25, 0.3) is 0 Å². The Balaban J connectivity index is 1.81. The summed E-state index contributed by atoms with van der Waals surface area (Å²) in [5.41, 5.74) is 3.20. The van der Waals surface area contributed by atoms with Crippen molar-refractivity contribution >= 4 is 17.3 Å². The first-order valence-corrected chi connectivity index (χ1v) is 7.39. The van der Waals surface area contributed by atoms with Crippen LogP contribution in [-0.2, 0) is 11.8 Å². The van der Waals surface area contributed by atoms with Gasteiger partial charge in [0, 0.05) is 25.8 Å². The number of hydrogen-bond acceptors (Lipinski definition) is 4. The van der Waals surface area contributed by atoms with Gasteiger partial charge in [0.05, 0.1) is 24.6 Å². The molecule has 0 aliphatic carbocycles. The van der Waals surface area contributed by atoms with Gasteiger partial charge < -0.3 is 15.0 Å². The summed E-state index contributed by atoms with van der Waals surface area (Å²) in [4.78, 5) is 14.6. The van der Waals surface area contributed by atoms with E-state index in [2.05, 4.69) is 15.3 Å². The molecule has 2 aromatic rings. The average molecular weight is 300 g/mol. The number of carbonyl (C=O) groups excluding carboxylic acids is 1. The molecule has 0 radical (unpaired) electrons. The predicted molar refractivity (Wildman–Crippen MR) is 85.4 cm³/mol. The van der Waals surface area contributed by atoms with Gasteiger partial charge in [-0.1, -0.05) is 12.1 Å². The summed E-state index contributed by atoms with van der Waals surface area (Å²) < 4.78 is 7.08. The minimum Gasteiger partial charge on any atom is -0.378 e. The number of morpholine rings is 1. The number of amides is 1. The van der Waals surface area contributed by atoms with E-state index in [4.69, 9.17) is 4.74 Å². The van der Waals surface area contributed by atoms with Crippen molar-refractivity contribution in [3.8, 4) is 0 Å². The number of nitrogens with one attached hydrogen (secondary N) is 1. The van der Waals surface area contributed by atoms with Crippen molar-refractivity contribution in [2.24, 2.45) is 7.05 Å². The molecule has 6 nitrogen and oxygen atoms in total. The highest BCUT2D eigenvalue weighted by Crippen LogP contribution is 2.26. The number of aromatic nitrogens is 2. The summed E-state index contributed by atoms with van der Waals surface area (Å²) in [7, 11) is 1.83. The van der Waals surface area contributed by atoms with E-state index in [-0.39, 0.29) is 5.91 Å². The van der Waals surface area contributed by atoms with Crippen molar-refractivity contribution in [2.45, 2.75) is 6.92 Å². The van der Waals surface area contributed by atoms with Crippen LogP contribution >= 0.6 is 0 Å². The van der Waals surface area contributed by atoms with Crippen LogP contribution in [0.5, 0.6) is 0 Å². The summed E-state index contributed by atoms with van der Waals surface area (Å²) in [5, 5.41) is 7.19. The number of hydrogen-bond donors (Lipinski definition) is 1. The predicted octanol–water partition coefficient (Wildman–Crippen LogP) is 1.82. The molecule has 0 spiro atoms. The van der Waals surface area contributed by atoms with Crippen LogP contribution in [0.2, 0.25) is 0 Å². The maximum Gasteiger partial charge on any atom is 0.276 e. The normalized spacial score (nSPS) is 14.9. The van der Waals surface area contributed by atoms with E-state index in [0.717, 1.165) is 30.2 Å². The van der Waals surface area contributed by atoms with Crippen LogP contribution in [0.1, 0.15) is 16.2 Å². The topological polar surface area (TPSA) is 59.4 Å². The summed E-state index contributed by atoms with van der Waals surface area (Å²) in [6.07, 6.45) is 0. The van der Waals surface area contributed by atoms with Crippen molar-refractivity contribution < 1.29 is 9.53 Å². The third kappa shape index (κ3) is 2.96. The Kier molecular flexibility index (Phi) is 4.11. The lowest BCUT2D eigenvalue weighted by Crippen LogP contribution is -2.36. The third-order valence-electron chi connectivity index (χ3n) is 3.85. The standard InChI is InChI=1S/C16H20N4O2/c1-12-11-14(18-19(12)2)16(21)17-13-5-3-4-6-15(13)20-7-9-22-10-8-20/h3-6,11H,7-10H2,1-2H3,(H,17,21). The lowest BCUT2D eigenvalue weighted by Gasteiger charge is -2.30. The maximum atomic E-state index is 12.4. The van der Waals surface area contributed by atoms with E-state index < -0.39 is 0 Å². The van der Waals surface area contributed by atoms with Gasteiger partial charge in [0.15, 0.2) is 5.69 Å². The number of nitrogens with zero attached hydrogens (tertiary/aromatic N) is 3. The van der Waals surface area contributed by atoms with Gasteiger partial charge in [-0.15, -0.1) is 0 Å². The molecule has 1 amide bonds. The van der Waals surface area contributed by atoms with Crippen LogP contribution < -0.4 is 10.2 Å². The molecule has 3 rings (SSSR count). The van der Waals surface area contributed by atoms with Crippen molar-refractivity contribution in [1.82, 2.24) is 9.78 Å². The zero-order chi connectivity index (χ0) is 15.5. The van der Waals surface area contributed by atoms with E-state index in [9.17, 15) is 4.79 Å². The minimum absolute atomic E-state index is 0.190. The van der Waals surface area contributed by atoms with Gasteiger partial charge in [-0.25, -0.2) is 0 Å². The molecule has 116 valence electrons. The van der Waals surface area contributed by atoms with Gasteiger partial charge in [0.1, 0.15) is 0 Å². The maximum absolute atomic E-state index is 12.4. The lowest BCUT2D eigenvalue weighted by molar-refractivity contribution is 0.102. The molecule has 1 fully saturated rings. The zero-order valence-electron chi connectivity index (χ0n) is 12.9. The molecule has 1 saturated heterocycles. The van der Waals surface area contributed by atoms with Crippen molar-refractivity contribution in [3.05, 3.63) is 41.7 Å². The lowest BCUT2D eigenvalue weighted by atomic mass is 10.2. The second kappa shape index (κ2) is 6.19. The quantitative estimate of drug-likeness (QED) is 0.939. The smallest absolute Gasteiger partial charge is 0.276 e. The fourth-order valence-electron chi connectivity index (χ4n) is 2.52. The number of carbonyl (C=O) groups is 1. The highest BCUT2D eigenvalue weighted by molar-refractivity contribution is 6.04. The number of benzene rings is 1. The first-order valence-electron chi connectivity index (χ1n) is 7.39. The average Bonchev–Trinajstić information content (AvgIpc) is 2.88. The van der Waals surface area contributed by atoms with E-state index in [1.54, 1.807) is 10.7 Å². The van der Waals surface area contributed by atoms with Gasteiger partial charge in [-0.05, 0) is 25.1 Å². The molecule has 0 saturated carbocycles. The summed E-state index contributed by atoms with van der Waals surface area (Å²) in [5.74, 6) is -0.190. The van der Waals surface area contributed by atoms with Crippen LogP contribution in [0, 0.1) is 6.92 Å². The Morgan fingerprint density at radius 1 is 1.27 bits per heavy atom. The fourth-order valence-corrected chi connectivity index (χ4v) is 2.52. The Morgan fingerprint density at radius 2 is 2.00 bits per heavy atom. The molecule has 0 atom stereocenters. The monoisotopic (exact) mass is 300 g/mol. The first kappa shape index (κ1) is 14.6. The Labute approximate surface area is 129 Å². The Hall–Kier alpha value is -2.34. The molecule has 1 aromatic carbocycles. The SMILES string of the molecule is Cc1cc(C(=O)Nc2ccccc2N2CCOCC2)nn1C. The van der Waals surface area contributed by atoms with Crippen molar-refractivity contribution in [1.29, 1.82) is 0 Å². The molecule has 1 aliphatic heterocycles. The first-order chi connectivity index (χ1) is 10.6. The summed E-state index contributed by atoms with van der Waals surface area (Å²) in [6.45, 7) is 5.00. The van der Waals surface area contributed by atoms with Crippen LogP contribution in [0.15, 0.2) is 30.3 Å². The van der Waals surface area contributed by atoms with E-state index in [1.807, 2.05) is 38.2 Å². The second-order valence-corrected chi connectivity index (χ2v) is 5.37. The molecule has 6 heteroatoms. The van der Waals surface area contributed by atoms with Crippen molar-refractivity contribution in [3.63, 3.8) is 0 Å². The number of anilines is 2. The fraction of sp³-hybridized carbons (Fsp3) is 0.375. The zero-order valence-corrected chi connectivity index (χ0v) is 12.9. The third-order valence-corrected chi connectivity index (χ3v) is 3.85. The number of rotatable bonds is 3. The van der Waals surface area contributed by atoms with Crippen molar-refractivity contribution in [2.75, 3.05) is 36.5 Å². The van der Waals surface area contributed by atoms with Crippen LogP contribution in [-0.4, -0.2) is 42.0 Å². The Morgan fingerprint density at radius 3 is 2.68 bits per heavy atom. The highest BCUT2D eigenvalue weighted by atomic mass is 16.5. The molecule has 0 bridgehead atoms. The van der Waals surface area contributed by atoms with E-state index in [0.29, 0.717) is 18.9 Å². The summed E-state index contributed by atoms with van der Waals surface area (Å²) >= 11 is 0.